The van der Waals surface area contributed by atoms with Crippen molar-refractivity contribution in [1.82, 2.24) is 0 Å². The minimum Gasteiger partial charge on any atom is -0.445 e. The van der Waals surface area contributed by atoms with E-state index in [1.807, 2.05) is 0 Å². The molecule has 0 spiro atoms. The van der Waals surface area contributed by atoms with Crippen LogP contribution >= 0.6 is 0 Å². The Morgan fingerprint density at radius 3 is 2.29 bits per heavy atom. The van der Waals surface area contributed by atoms with Crippen molar-refractivity contribution < 1.29 is 64.3 Å². The zero-order valence-electron chi connectivity index (χ0n) is 8.01. The normalized spacial score (nSPS) is 10.5. The first kappa shape index (κ1) is 14.5. The third-order valence-corrected chi connectivity index (χ3v) is 1.77. The predicted molar refractivity (Wildman–Crippen MR) is 49.1 cm³/mol. The van der Waals surface area contributed by atoms with Crippen LogP contribution in [-0.4, -0.2) is 6.98 Å². The summed E-state index contributed by atoms with van der Waals surface area (Å²) in [5.74, 6) is 0. The predicted octanol–water partition coefficient (Wildman–Crippen LogP) is -0.527. The summed E-state index contributed by atoms with van der Waals surface area (Å²) in [6.45, 7) is -1.47. The van der Waals surface area contributed by atoms with Crippen LogP contribution in [0.4, 0.5) is 12.9 Å². The van der Waals surface area contributed by atoms with Crippen molar-refractivity contribution in [3.8, 4) is 0 Å². The summed E-state index contributed by atoms with van der Waals surface area (Å²) in [5, 5.41) is 0. The fourth-order valence-electron chi connectivity index (χ4n) is 1.19. The molecule has 0 fully saturated rings. The number of hydrogen-bond acceptors (Lipinski definition) is 0. The Labute approximate surface area is 124 Å². The van der Waals surface area contributed by atoms with Crippen LogP contribution in [0.5, 0.6) is 0 Å². The van der Waals surface area contributed by atoms with Gasteiger partial charge in [-0.15, -0.1) is 12.0 Å². The molecule has 1 aromatic carbocycles. The molecule has 1 aromatic rings. The van der Waals surface area contributed by atoms with E-state index in [1.54, 1.807) is 6.07 Å². The maximum atomic E-state index is 12.4. The average Bonchev–Trinajstić information content (AvgIpc) is 2.04. The van der Waals surface area contributed by atoms with E-state index in [0.717, 1.165) is 6.07 Å². The molecule has 14 heavy (non-hydrogen) atoms. The van der Waals surface area contributed by atoms with E-state index in [9.17, 15) is 12.9 Å². The molecule has 0 heterocycles. The second-order valence-corrected chi connectivity index (χ2v) is 2.77. The number of allylic oxidation sites excluding steroid dienone is 1. The number of halogens is 3. The number of rotatable bonds is 3. The van der Waals surface area contributed by atoms with Gasteiger partial charge in [0.25, 0.3) is 0 Å². The molecular weight excluding hydrogens is 215 g/mol. The molecule has 0 bridgehead atoms. The molecule has 0 saturated carbocycles. The van der Waals surface area contributed by atoms with Gasteiger partial charge in [-0.2, -0.15) is 0 Å². The molecule has 0 radical (unpaired) electrons. The summed E-state index contributed by atoms with van der Waals surface area (Å²) in [6.07, 6.45) is 1.73. The van der Waals surface area contributed by atoms with Gasteiger partial charge in [-0.05, 0) is 6.42 Å². The van der Waals surface area contributed by atoms with E-state index in [4.69, 9.17) is 0 Å². The molecule has 0 amide bonds. The van der Waals surface area contributed by atoms with Crippen LogP contribution < -0.4 is 56.8 Å². The van der Waals surface area contributed by atoms with E-state index in [0.29, 0.717) is 5.56 Å². The Kier molecular flexibility index (Phi) is 6.32. The van der Waals surface area contributed by atoms with Gasteiger partial charge >= 0.3 is 58.4 Å². The SMILES string of the molecule is C=CCc1ccccc1[B-](F)(F)F.[K+]. The summed E-state index contributed by atoms with van der Waals surface area (Å²) >= 11 is 0. The molecule has 0 saturated heterocycles. The molecular formula is C9H9BF3K. The smallest absolute Gasteiger partial charge is 0.445 e. The molecule has 0 aliphatic rings. The molecule has 70 valence electrons. The summed E-state index contributed by atoms with van der Waals surface area (Å²) in [7, 11) is 0. The minimum absolute atomic E-state index is 0. The van der Waals surface area contributed by atoms with Crippen molar-refractivity contribution in [2.75, 3.05) is 0 Å². The van der Waals surface area contributed by atoms with Crippen LogP contribution in [0.15, 0.2) is 36.9 Å². The number of hydrogen-bond donors (Lipinski definition) is 0. The zero-order valence-corrected chi connectivity index (χ0v) is 11.1. The van der Waals surface area contributed by atoms with Crippen LogP contribution in [0.3, 0.4) is 0 Å². The van der Waals surface area contributed by atoms with Gasteiger partial charge in [-0.3, -0.25) is 0 Å². The van der Waals surface area contributed by atoms with E-state index in [1.165, 1.54) is 18.2 Å². The second kappa shape index (κ2) is 6.13. The molecule has 0 unspecified atom stereocenters. The third-order valence-electron chi connectivity index (χ3n) is 1.77. The van der Waals surface area contributed by atoms with Crippen LogP contribution in [0, 0.1) is 0 Å². The minimum atomic E-state index is -4.89. The summed E-state index contributed by atoms with van der Waals surface area (Å²) < 4.78 is 37.2. The molecule has 1 rings (SSSR count). The summed E-state index contributed by atoms with van der Waals surface area (Å²) in [6, 6.07) is 5.59. The molecule has 0 aliphatic heterocycles. The van der Waals surface area contributed by atoms with Crippen LogP contribution in [0.2, 0.25) is 0 Å². The summed E-state index contributed by atoms with van der Waals surface area (Å²) in [4.78, 5) is 0. The zero-order chi connectivity index (χ0) is 9.90. The topological polar surface area (TPSA) is 0 Å². The van der Waals surface area contributed by atoms with E-state index >= 15 is 0 Å². The molecule has 0 aromatic heterocycles. The standard InChI is InChI=1S/C9H9BF3.K/c1-2-5-8-6-3-4-7-9(8)10(11,12)13;/h2-4,6-7H,1,5H2;/q-1;+1. The van der Waals surface area contributed by atoms with E-state index < -0.39 is 12.4 Å². The van der Waals surface area contributed by atoms with Crippen LogP contribution in [0.1, 0.15) is 5.56 Å². The first-order chi connectivity index (χ1) is 6.05. The van der Waals surface area contributed by atoms with E-state index in [-0.39, 0.29) is 57.8 Å². The van der Waals surface area contributed by atoms with E-state index in [2.05, 4.69) is 6.58 Å². The molecule has 0 atom stereocenters. The number of benzene rings is 1. The first-order valence-corrected chi connectivity index (χ1v) is 3.94. The molecule has 0 N–H and O–H groups in total. The Morgan fingerprint density at radius 1 is 1.21 bits per heavy atom. The van der Waals surface area contributed by atoms with Crippen molar-refractivity contribution in [3.63, 3.8) is 0 Å². The van der Waals surface area contributed by atoms with Crippen molar-refractivity contribution in [1.29, 1.82) is 0 Å². The Morgan fingerprint density at radius 2 is 1.79 bits per heavy atom. The molecule has 0 nitrogen and oxygen atoms in total. The van der Waals surface area contributed by atoms with Crippen LogP contribution in [0.25, 0.3) is 0 Å². The van der Waals surface area contributed by atoms with Gasteiger partial charge in [0, 0.05) is 0 Å². The van der Waals surface area contributed by atoms with Crippen molar-refractivity contribution in [3.05, 3.63) is 42.5 Å². The fraction of sp³-hybridized carbons (Fsp3) is 0.111. The van der Waals surface area contributed by atoms with Crippen molar-refractivity contribution in [2.45, 2.75) is 6.42 Å². The molecule has 0 aliphatic carbocycles. The van der Waals surface area contributed by atoms with Gasteiger partial charge in [0.2, 0.25) is 0 Å². The third kappa shape index (κ3) is 3.90. The first-order valence-electron chi connectivity index (χ1n) is 3.94. The van der Waals surface area contributed by atoms with Gasteiger partial charge in [0.1, 0.15) is 0 Å². The monoisotopic (exact) mass is 224 g/mol. The fourth-order valence-corrected chi connectivity index (χ4v) is 1.19. The van der Waals surface area contributed by atoms with Gasteiger partial charge in [-0.25, -0.2) is 0 Å². The maximum absolute atomic E-state index is 12.4. The largest absolute Gasteiger partial charge is 1.00 e. The van der Waals surface area contributed by atoms with Gasteiger partial charge in [0.15, 0.2) is 0 Å². The summed E-state index contributed by atoms with van der Waals surface area (Å²) in [5.41, 5.74) is -0.215. The van der Waals surface area contributed by atoms with Crippen molar-refractivity contribution >= 4 is 12.4 Å². The second-order valence-electron chi connectivity index (χ2n) is 2.77. The van der Waals surface area contributed by atoms with Gasteiger partial charge in [0.05, 0.1) is 0 Å². The average molecular weight is 224 g/mol. The Bertz CT molecular complexity index is 309. The van der Waals surface area contributed by atoms with Crippen molar-refractivity contribution in [2.24, 2.45) is 0 Å². The van der Waals surface area contributed by atoms with Crippen LogP contribution in [-0.2, 0) is 6.42 Å². The Balaban J connectivity index is 0.00000169. The van der Waals surface area contributed by atoms with Gasteiger partial charge < -0.3 is 12.9 Å². The van der Waals surface area contributed by atoms with Gasteiger partial charge in [-0.1, -0.05) is 35.9 Å². The molecule has 5 heteroatoms. The quantitative estimate of drug-likeness (QED) is 0.478. The maximum Gasteiger partial charge on any atom is 1.00 e. The Hall–Kier alpha value is 0.451.